The molecule has 0 N–H and O–H groups in total. The van der Waals surface area contributed by atoms with Crippen molar-refractivity contribution in [2.75, 3.05) is 6.61 Å². The lowest BCUT2D eigenvalue weighted by molar-refractivity contribution is -0.104. The Kier molecular flexibility index (Phi) is 5.58. The first-order chi connectivity index (χ1) is 13.2. The first-order valence-corrected chi connectivity index (χ1v) is 10.7. The number of hydrogen-bond acceptors (Lipinski definition) is 3. The van der Waals surface area contributed by atoms with Crippen LogP contribution in [0.25, 0.3) is 0 Å². The van der Waals surface area contributed by atoms with E-state index in [1.54, 1.807) is 0 Å². The van der Waals surface area contributed by atoms with Gasteiger partial charge in [0.05, 0.1) is 5.60 Å². The monoisotopic (exact) mass is 364 g/mol. The molecule has 0 unspecified atom stereocenters. The van der Waals surface area contributed by atoms with Gasteiger partial charge < -0.3 is 4.74 Å². The van der Waals surface area contributed by atoms with Crippen molar-refractivity contribution in [2.24, 2.45) is 0 Å². The predicted octanol–water partition coefficient (Wildman–Crippen LogP) is 5.56. The van der Waals surface area contributed by atoms with Crippen LogP contribution < -0.4 is 0 Å². The number of ether oxygens (including phenoxy) is 1. The topological polar surface area (TPSA) is 35.0 Å². The molecule has 2 fully saturated rings. The number of hydrogen-bond donors (Lipinski definition) is 0. The van der Waals surface area contributed by atoms with Crippen molar-refractivity contribution < 1.29 is 4.74 Å². The van der Waals surface area contributed by atoms with E-state index in [1.165, 1.54) is 56.2 Å². The first-order valence-electron chi connectivity index (χ1n) is 10.7. The minimum Gasteiger partial charge on any atom is -0.375 e. The van der Waals surface area contributed by atoms with Gasteiger partial charge in [0.2, 0.25) is 0 Å². The summed E-state index contributed by atoms with van der Waals surface area (Å²) >= 11 is 0. The minimum absolute atomic E-state index is 0.123. The molecular weight excluding hydrogens is 332 g/mol. The van der Waals surface area contributed by atoms with Gasteiger partial charge >= 0.3 is 0 Å². The summed E-state index contributed by atoms with van der Waals surface area (Å²) in [7, 11) is 0. The average Bonchev–Trinajstić information content (AvgIpc) is 3.13. The fourth-order valence-corrected chi connectivity index (χ4v) is 5.35. The number of pyridine rings is 2. The average molecular weight is 365 g/mol. The van der Waals surface area contributed by atoms with Gasteiger partial charge in [-0.1, -0.05) is 25.3 Å². The highest BCUT2D eigenvalue weighted by atomic mass is 16.5. The molecule has 1 atom stereocenters. The molecule has 1 saturated heterocycles. The van der Waals surface area contributed by atoms with E-state index in [-0.39, 0.29) is 11.0 Å². The molecule has 2 aliphatic rings. The molecule has 3 heterocycles. The van der Waals surface area contributed by atoms with Crippen LogP contribution >= 0.6 is 0 Å². The van der Waals surface area contributed by atoms with Crippen LogP contribution in [0.4, 0.5) is 0 Å². The highest BCUT2D eigenvalue weighted by Gasteiger charge is 2.48. The Morgan fingerprint density at radius 2 is 1.89 bits per heavy atom. The van der Waals surface area contributed by atoms with Crippen LogP contribution in [0.3, 0.4) is 0 Å². The number of rotatable bonds is 6. The van der Waals surface area contributed by atoms with Gasteiger partial charge in [0, 0.05) is 35.8 Å². The maximum Gasteiger partial charge on any atom is 0.0691 e. The lowest BCUT2D eigenvalue weighted by Crippen LogP contribution is -2.46. The first kappa shape index (κ1) is 18.6. The van der Waals surface area contributed by atoms with Crippen LogP contribution in [0.15, 0.2) is 42.7 Å². The zero-order valence-corrected chi connectivity index (χ0v) is 16.6. The van der Waals surface area contributed by atoms with Crippen LogP contribution in [0.2, 0.25) is 0 Å². The minimum atomic E-state index is 0.123. The molecule has 0 aromatic carbocycles. The van der Waals surface area contributed by atoms with E-state index in [1.807, 2.05) is 18.5 Å². The predicted molar refractivity (Wildman–Crippen MR) is 109 cm³/mol. The fourth-order valence-electron chi connectivity index (χ4n) is 5.35. The summed E-state index contributed by atoms with van der Waals surface area (Å²) in [5.74, 6) is 0. The van der Waals surface area contributed by atoms with Crippen LogP contribution in [0.1, 0.15) is 74.7 Å². The molecule has 144 valence electrons. The zero-order chi connectivity index (χ0) is 18.6. The Bertz CT molecular complexity index is 739. The molecule has 27 heavy (non-hydrogen) atoms. The normalized spacial score (nSPS) is 24.3. The number of unbranched alkanes of at least 4 members (excludes halogenated alkanes) is 1. The Balaban J connectivity index is 1.45. The van der Waals surface area contributed by atoms with Gasteiger partial charge in [-0.05, 0) is 81.7 Å². The second kappa shape index (κ2) is 8.10. The zero-order valence-electron chi connectivity index (χ0n) is 16.6. The largest absolute Gasteiger partial charge is 0.375 e. The van der Waals surface area contributed by atoms with Crippen molar-refractivity contribution in [3.63, 3.8) is 0 Å². The highest BCUT2D eigenvalue weighted by Crippen LogP contribution is 2.50. The number of aryl methyl sites for hydroxylation is 2. The summed E-state index contributed by atoms with van der Waals surface area (Å²) in [5, 5.41) is 0. The van der Waals surface area contributed by atoms with E-state index >= 15 is 0 Å². The van der Waals surface area contributed by atoms with Crippen molar-refractivity contribution >= 4 is 0 Å². The fraction of sp³-hybridized carbons (Fsp3) is 0.583. The van der Waals surface area contributed by atoms with Crippen LogP contribution in [0, 0.1) is 6.92 Å². The molecule has 0 radical (unpaired) electrons. The van der Waals surface area contributed by atoms with E-state index in [2.05, 4.69) is 36.2 Å². The summed E-state index contributed by atoms with van der Waals surface area (Å²) in [6, 6.07) is 10.8. The summed E-state index contributed by atoms with van der Waals surface area (Å²) in [6.45, 7) is 2.96. The van der Waals surface area contributed by atoms with Gasteiger partial charge in [0.1, 0.15) is 0 Å². The molecular formula is C24H32N2O. The lowest BCUT2D eigenvalue weighted by Gasteiger charge is -2.46. The summed E-state index contributed by atoms with van der Waals surface area (Å²) in [4.78, 5) is 9.12. The second-order valence-electron chi connectivity index (χ2n) is 8.67. The van der Waals surface area contributed by atoms with E-state index in [0.29, 0.717) is 0 Å². The molecule has 3 heteroatoms. The standard InChI is InChI=1S/C24H32N2O/c1-20-18-21(10-16-25-20)8-2-4-11-23(22-9-3-7-15-26-22)14-17-27-24(19-23)12-5-6-13-24/h3,7,9-10,15-16,18H,2,4-6,8,11-14,17,19H2,1H3/t23-/m1/s1. The van der Waals surface area contributed by atoms with Crippen molar-refractivity contribution in [3.05, 3.63) is 59.7 Å². The van der Waals surface area contributed by atoms with Gasteiger partial charge in [-0.3, -0.25) is 9.97 Å². The van der Waals surface area contributed by atoms with Gasteiger partial charge in [0.25, 0.3) is 0 Å². The van der Waals surface area contributed by atoms with Crippen molar-refractivity contribution in [3.8, 4) is 0 Å². The van der Waals surface area contributed by atoms with Crippen LogP contribution in [-0.4, -0.2) is 22.2 Å². The molecule has 1 aliphatic carbocycles. The Morgan fingerprint density at radius 3 is 2.67 bits per heavy atom. The number of aromatic nitrogens is 2. The van der Waals surface area contributed by atoms with Crippen molar-refractivity contribution in [1.29, 1.82) is 0 Å². The summed E-state index contributed by atoms with van der Waals surface area (Å²) in [5.41, 5.74) is 4.13. The molecule has 3 nitrogen and oxygen atoms in total. The number of nitrogens with zero attached hydrogens (tertiary/aromatic N) is 2. The van der Waals surface area contributed by atoms with Crippen LogP contribution in [0.5, 0.6) is 0 Å². The molecule has 1 aliphatic heterocycles. The lowest BCUT2D eigenvalue weighted by atomic mass is 9.67. The second-order valence-corrected chi connectivity index (χ2v) is 8.67. The maximum atomic E-state index is 6.36. The molecule has 2 aromatic heterocycles. The Morgan fingerprint density at radius 1 is 1.00 bits per heavy atom. The van der Waals surface area contributed by atoms with Gasteiger partial charge in [-0.15, -0.1) is 0 Å². The van der Waals surface area contributed by atoms with Crippen LogP contribution in [-0.2, 0) is 16.6 Å². The van der Waals surface area contributed by atoms with Gasteiger partial charge in [-0.25, -0.2) is 0 Å². The molecule has 1 saturated carbocycles. The third-order valence-electron chi connectivity index (χ3n) is 6.70. The summed E-state index contributed by atoms with van der Waals surface area (Å²) in [6.07, 6.45) is 16.1. The maximum absolute atomic E-state index is 6.36. The van der Waals surface area contributed by atoms with E-state index in [9.17, 15) is 0 Å². The van der Waals surface area contributed by atoms with E-state index < -0.39 is 0 Å². The van der Waals surface area contributed by atoms with Gasteiger partial charge in [0.15, 0.2) is 0 Å². The van der Waals surface area contributed by atoms with E-state index in [0.717, 1.165) is 31.6 Å². The smallest absolute Gasteiger partial charge is 0.0691 e. The third-order valence-corrected chi connectivity index (χ3v) is 6.70. The molecule has 1 spiro atoms. The SMILES string of the molecule is Cc1cc(CCCC[C@@]2(c3ccccn3)CCOC3(CCCC3)C2)ccn1. The quantitative estimate of drug-likeness (QED) is 0.630. The highest BCUT2D eigenvalue weighted by molar-refractivity contribution is 5.21. The molecule has 2 aromatic rings. The van der Waals surface area contributed by atoms with Crippen molar-refractivity contribution in [1.82, 2.24) is 9.97 Å². The van der Waals surface area contributed by atoms with E-state index in [4.69, 9.17) is 9.72 Å². The Labute approximate surface area is 163 Å². The molecule has 0 bridgehead atoms. The third kappa shape index (κ3) is 4.24. The van der Waals surface area contributed by atoms with Gasteiger partial charge in [-0.2, -0.15) is 0 Å². The van der Waals surface area contributed by atoms with Crippen molar-refractivity contribution in [2.45, 2.75) is 82.1 Å². The Hall–Kier alpha value is -1.74. The molecule has 0 amide bonds. The molecule has 4 rings (SSSR count). The summed E-state index contributed by atoms with van der Waals surface area (Å²) < 4.78 is 6.36.